The summed E-state index contributed by atoms with van der Waals surface area (Å²) in [5, 5.41) is 28.1. The van der Waals surface area contributed by atoms with E-state index in [-0.39, 0.29) is 11.4 Å². The lowest BCUT2D eigenvalue weighted by Crippen LogP contribution is -1.85. The molecule has 0 aliphatic carbocycles. The summed E-state index contributed by atoms with van der Waals surface area (Å²) < 4.78 is 0.981. The normalized spacial score (nSPS) is 10.9. The fourth-order valence-electron chi connectivity index (χ4n) is 1.37. The minimum absolute atomic E-state index is 0.000859. The van der Waals surface area contributed by atoms with E-state index >= 15 is 0 Å². The second-order valence-corrected chi connectivity index (χ2v) is 5.44. The van der Waals surface area contributed by atoms with Gasteiger partial charge in [0.05, 0.1) is 25.2 Å². The molecule has 102 valence electrons. The van der Waals surface area contributed by atoms with Crippen LogP contribution in [0.1, 0.15) is 0 Å². The van der Waals surface area contributed by atoms with Crippen LogP contribution in [0.5, 0.6) is 5.75 Å². The predicted octanol–water partition coefficient (Wildman–Crippen LogP) is 5.24. The van der Waals surface area contributed by atoms with Gasteiger partial charge in [0.2, 0.25) is 0 Å². The van der Waals surface area contributed by atoms with Crippen molar-refractivity contribution in [1.29, 1.82) is 0 Å². The average molecular weight is 401 g/mol. The fourth-order valence-corrected chi connectivity index (χ4v) is 2.53. The zero-order valence-electron chi connectivity index (χ0n) is 9.83. The van der Waals surface area contributed by atoms with Crippen LogP contribution < -0.4 is 0 Å². The van der Waals surface area contributed by atoms with Gasteiger partial charge in [-0.1, -0.05) is 0 Å². The highest BCUT2D eigenvalue weighted by Crippen LogP contribution is 2.36. The molecule has 0 saturated carbocycles. The monoisotopic (exact) mass is 399 g/mol. The Labute approximate surface area is 130 Å². The third kappa shape index (κ3) is 3.40. The molecule has 1 N–H and O–H groups in total. The number of hydrogen-bond donors (Lipinski definition) is 1. The van der Waals surface area contributed by atoms with Gasteiger partial charge in [-0.25, -0.2) is 0 Å². The van der Waals surface area contributed by atoms with Crippen molar-refractivity contribution >= 4 is 48.9 Å². The number of nitro groups is 1. The molecule has 0 aliphatic rings. The first kappa shape index (κ1) is 14.6. The molecule has 2 aromatic carbocycles. The van der Waals surface area contributed by atoms with Crippen LogP contribution in [0.2, 0.25) is 0 Å². The topological polar surface area (TPSA) is 88.1 Å². The average Bonchev–Trinajstić information content (AvgIpc) is 2.42. The number of azo groups is 1. The van der Waals surface area contributed by atoms with E-state index in [0.29, 0.717) is 20.3 Å². The van der Waals surface area contributed by atoms with Crippen LogP contribution in [0.25, 0.3) is 0 Å². The maximum Gasteiger partial charge on any atom is 0.269 e. The second kappa shape index (κ2) is 6.10. The van der Waals surface area contributed by atoms with Gasteiger partial charge < -0.3 is 5.11 Å². The van der Waals surface area contributed by atoms with E-state index in [4.69, 9.17) is 0 Å². The Morgan fingerprint density at radius 2 is 1.50 bits per heavy atom. The SMILES string of the molecule is O=[N+]([O-])c1ccc(N=Nc2cc(Br)c(O)c(Br)c2)cc1. The molecule has 0 radical (unpaired) electrons. The number of non-ortho nitro benzene ring substituents is 1. The highest BCUT2D eigenvalue weighted by atomic mass is 79.9. The first-order chi connectivity index (χ1) is 9.47. The zero-order chi connectivity index (χ0) is 14.7. The maximum atomic E-state index is 10.5. The Morgan fingerprint density at radius 1 is 1.00 bits per heavy atom. The van der Waals surface area contributed by atoms with Crippen LogP contribution in [-0.2, 0) is 0 Å². The largest absolute Gasteiger partial charge is 0.506 e. The van der Waals surface area contributed by atoms with Gasteiger partial charge >= 0.3 is 0 Å². The number of halogens is 2. The minimum Gasteiger partial charge on any atom is -0.506 e. The van der Waals surface area contributed by atoms with Crippen LogP contribution >= 0.6 is 31.9 Å². The molecule has 0 unspecified atom stereocenters. The Hall–Kier alpha value is -1.80. The van der Waals surface area contributed by atoms with Crippen molar-refractivity contribution in [3.8, 4) is 5.75 Å². The van der Waals surface area contributed by atoms with E-state index in [1.165, 1.54) is 24.3 Å². The Morgan fingerprint density at radius 3 is 2.00 bits per heavy atom. The molecule has 0 spiro atoms. The van der Waals surface area contributed by atoms with E-state index in [1.807, 2.05) is 0 Å². The van der Waals surface area contributed by atoms with Crippen LogP contribution in [0.3, 0.4) is 0 Å². The Bertz CT molecular complexity index is 664. The van der Waals surface area contributed by atoms with Gasteiger partial charge in [0.15, 0.2) is 0 Å². The minimum atomic E-state index is -0.477. The van der Waals surface area contributed by atoms with E-state index in [0.717, 1.165) is 0 Å². The van der Waals surface area contributed by atoms with E-state index in [2.05, 4.69) is 42.1 Å². The number of phenols is 1. The van der Waals surface area contributed by atoms with Crippen LogP contribution in [-0.4, -0.2) is 10.0 Å². The number of benzene rings is 2. The zero-order valence-corrected chi connectivity index (χ0v) is 13.0. The third-order valence-corrected chi connectivity index (χ3v) is 3.55. The van der Waals surface area contributed by atoms with Crippen molar-refractivity contribution in [2.45, 2.75) is 0 Å². The van der Waals surface area contributed by atoms with E-state index in [9.17, 15) is 15.2 Å². The smallest absolute Gasteiger partial charge is 0.269 e. The molecule has 6 nitrogen and oxygen atoms in total. The van der Waals surface area contributed by atoms with Gasteiger partial charge in [-0.05, 0) is 56.1 Å². The Balaban J connectivity index is 2.23. The van der Waals surface area contributed by atoms with Gasteiger partial charge in [-0.3, -0.25) is 10.1 Å². The highest BCUT2D eigenvalue weighted by molar-refractivity contribution is 9.11. The van der Waals surface area contributed by atoms with Gasteiger partial charge in [0, 0.05) is 12.1 Å². The summed E-state index contributed by atoms with van der Waals surface area (Å²) in [5.41, 5.74) is 1.02. The van der Waals surface area contributed by atoms with Gasteiger partial charge in [0.1, 0.15) is 5.75 Å². The number of rotatable bonds is 3. The number of phenolic OH excluding ortho intramolecular Hbond substituents is 1. The van der Waals surface area contributed by atoms with Gasteiger partial charge in [-0.2, -0.15) is 10.2 Å². The lowest BCUT2D eigenvalue weighted by atomic mass is 10.3. The van der Waals surface area contributed by atoms with Crippen molar-refractivity contribution < 1.29 is 10.0 Å². The molecule has 8 heteroatoms. The molecule has 0 bridgehead atoms. The van der Waals surface area contributed by atoms with Crippen molar-refractivity contribution in [3.05, 3.63) is 55.5 Å². The molecule has 20 heavy (non-hydrogen) atoms. The summed E-state index contributed by atoms with van der Waals surface area (Å²) in [7, 11) is 0. The number of nitrogens with zero attached hydrogens (tertiary/aromatic N) is 3. The lowest BCUT2D eigenvalue weighted by Gasteiger charge is -2.01. The Kier molecular flexibility index (Phi) is 4.46. The van der Waals surface area contributed by atoms with Crippen molar-refractivity contribution in [3.63, 3.8) is 0 Å². The molecule has 0 heterocycles. The number of nitro benzene ring substituents is 1. The first-order valence-electron chi connectivity index (χ1n) is 5.31. The third-order valence-electron chi connectivity index (χ3n) is 2.34. The molecular formula is C12H7Br2N3O3. The molecular weight excluding hydrogens is 394 g/mol. The highest BCUT2D eigenvalue weighted by Gasteiger charge is 2.06. The van der Waals surface area contributed by atoms with Crippen molar-refractivity contribution in [1.82, 2.24) is 0 Å². The van der Waals surface area contributed by atoms with Crippen molar-refractivity contribution in [2.75, 3.05) is 0 Å². The molecule has 0 saturated heterocycles. The fraction of sp³-hybridized carbons (Fsp3) is 0. The molecule has 2 rings (SSSR count). The van der Waals surface area contributed by atoms with E-state index in [1.54, 1.807) is 12.1 Å². The maximum absolute atomic E-state index is 10.5. The summed E-state index contributed by atoms with van der Waals surface area (Å²) in [5.74, 6) is 0.0827. The molecule has 0 aromatic heterocycles. The quantitative estimate of drug-likeness (QED) is 0.434. The van der Waals surface area contributed by atoms with Gasteiger partial charge in [-0.15, -0.1) is 0 Å². The van der Waals surface area contributed by atoms with Crippen molar-refractivity contribution in [2.24, 2.45) is 10.2 Å². The summed E-state index contributed by atoms with van der Waals surface area (Å²) in [4.78, 5) is 10.0. The van der Waals surface area contributed by atoms with Crippen LogP contribution in [0.4, 0.5) is 17.1 Å². The summed E-state index contributed by atoms with van der Waals surface area (Å²) in [6, 6.07) is 8.94. The van der Waals surface area contributed by atoms with Crippen LogP contribution in [0.15, 0.2) is 55.6 Å². The molecule has 0 amide bonds. The standard InChI is InChI=1S/C12H7Br2N3O3/c13-10-5-8(6-11(14)12(10)18)16-15-7-1-3-9(4-2-7)17(19)20/h1-6,18H. The number of aromatic hydroxyl groups is 1. The molecule has 0 fully saturated rings. The van der Waals surface area contributed by atoms with Gasteiger partial charge in [0.25, 0.3) is 5.69 Å². The predicted molar refractivity (Wildman–Crippen MR) is 80.8 cm³/mol. The summed E-state index contributed by atoms with van der Waals surface area (Å²) in [6.45, 7) is 0. The molecule has 2 aromatic rings. The van der Waals surface area contributed by atoms with E-state index < -0.39 is 4.92 Å². The second-order valence-electron chi connectivity index (χ2n) is 3.73. The first-order valence-corrected chi connectivity index (χ1v) is 6.90. The lowest BCUT2D eigenvalue weighted by molar-refractivity contribution is -0.384. The molecule has 0 atom stereocenters. The summed E-state index contributed by atoms with van der Waals surface area (Å²) in [6.07, 6.45) is 0. The van der Waals surface area contributed by atoms with Crippen LogP contribution in [0, 0.1) is 10.1 Å². The number of hydrogen-bond acceptors (Lipinski definition) is 5. The summed E-state index contributed by atoms with van der Waals surface area (Å²) >= 11 is 6.38. The molecule has 0 aliphatic heterocycles.